The van der Waals surface area contributed by atoms with E-state index in [1.165, 1.54) is 0 Å². The number of rotatable bonds is 6. The summed E-state index contributed by atoms with van der Waals surface area (Å²) in [6, 6.07) is 5.55. The van der Waals surface area contributed by atoms with E-state index >= 15 is 0 Å². The summed E-state index contributed by atoms with van der Waals surface area (Å²) in [4.78, 5) is 0. The Balaban J connectivity index is 2.39. The lowest BCUT2D eigenvalue weighted by atomic mass is 10.3. The van der Waals surface area contributed by atoms with Gasteiger partial charge in [-0.25, -0.2) is 8.42 Å². The Morgan fingerprint density at radius 3 is 2.71 bits per heavy atom. The van der Waals surface area contributed by atoms with Gasteiger partial charge in [0.1, 0.15) is 9.84 Å². The average Bonchev–Trinajstić information content (AvgIpc) is 2.29. The second-order valence-corrected chi connectivity index (χ2v) is 7.38. The number of anilines is 1. The first-order valence-corrected chi connectivity index (χ1v) is 8.33. The van der Waals surface area contributed by atoms with E-state index in [9.17, 15) is 8.42 Å². The highest BCUT2D eigenvalue weighted by molar-refractivity contribution is 9.10. The third-order valence-corrected chi connectivity index (χ3v) is 5.34. The maximum Gasteiger partial charge on any atom is 0.150 e. The number of hydrogen-bond acceptors (Lipinski definition) is 3. The molecule has 96 valence electrons. The maximum atomic E-state index is 11.3. The molecule has 3 nitrogen and oxygen atoms in total. The molecule has 17 heavy (non-hydrogen) atoms. The van der Waals surface area contributed by atoms with Crippen LogP contribution < -0.4 is 5.32 Å². The van der Waals surface area contributed by atoms with Crippen LogP contribution in [0.25, 0.3) is 0 Å². The number of halogens is 2. The van der Waals surface area contributed by atoms with Gasteiger partial charge >= 0.3 is 0 Å². The van der Waals surface area contributed by atoms with Crippen molar-refractivity contribution in [2.45, 2.75) is 13.3 Å². The van der Waals surface area contributed by atoms with Crippen LogP contribution in [0.2, 0.25) is 5.02 Å². The van der Waals surface area contributed by atoms with Crippen LogP contribution in [-0.4, -0.2) is 26.5 Å². The van der Waals surface area contributed by atoms with Gasteiger partial charge in [0.15, 0.2) is 0 Å². The summed E-state index contributed by atoms with van der Waals surface area (Å²) in [5.74, 6) is 0.428. The van der Waals surface area contributed by atoms with Crippen molar-refractivity contribution in [1.29, 1.82) is 0 Å². The van der Waals surface area contributed by atoms with Crippen molar-refractivity contribution < 1.29 is 8.42 Å². The summed E-state index contributed by atoms with van der Waals surface area (Å²) in [5, 5.41) is 3.78. The molecule has 0 aliphatic rings. The molecule has 0 saturated heterocycles. The van der Waals surface area contributed by atoms with Crippen molar-refractivity contribution in [2.75, 3.05) is 23.4 Å². The lowest BCUT2D eigenvalue weighted by molar-refractivity contribution is 0.595. The normalized spacial score (nSPS) is 11.5. The van der Waals surface area contributed by atoms with E-state index in [4.69, 9.17) is 11.6 Å². The summed E-state index contributed by atoms with van der Waals surface area (Å²) in [7, 11) is -2.86. The molecule has 1 N–H and O–H groups in total. The highest BCUT2D eigenvalue weighted by atomic mass is 79.9. The fourth-order valence-corrected chi connectivity index (χ4v) is 2.58. The number of benzene rings is 1. The fourth-order valence-electron chi connectivity index (χ4n) is 1.28. The van der Waals surface area contributed by atoms with Crippen LogP contribution in [0.4, 0.5) is 5.69 Å². The van der Waals surface area contributed by atoms with Crippen molar-refractivity contribution in [3.8, 4) is 0 Å². The SMILES string of the molecule is CCS(=O)(=O)CCCNc1ccc(Br)c(Cl)c1. The second-order valence-electron chi connectivity index (χ2n) is 3.65. The van der Waals surface area contributed by atoms with Gasteiger partial charge < -0.3 is 5.32 Å². The zero-order valence-electron chi connectivity index (χ0n) is 9.54. The molecule has 0 unspecified atom stereocenters. The Hall–Kier alpha value is -0.260. The highest BCUT2D eigenvalue weighted by Gasteiger charge is 2.06. The lowest BCUT2D eigenvalue weighted by Gasteiger charge is -2.07. The highest BCUT2D eigenvalue weighted by Crippen LogP contribution is 2.25. The van der Waals surface area contributed by atoms with Crippen LogP contribution >= 0.6 is 27.5 Å². The summed E-state index contributed by atoms with van der Waals surface area (Å²) in [5.41, 5.74) is 0.895. The first kappa shape index (κ1) is 14.8. The first-order valence-electron chi connectivity index (χ1n) is 5.34. The minimum Gasteiger partial charge on any atom is -0.385 e. The summed E-state index contributed by atoms with van der Waals surface area (Å²) in [6.07, 6.45) is 0.601. The molecule has 0 spiro atoms. The van der Waals surface area contributed by atoms with E-state index in [0.717, 1.165) is 10.2 Å². The maximum absolute atomic E-state index is 11.3. The lowest BCUT2D eigenvalue weighted by Crippen LogP contribution is -2.12. The smallest absolute Gasteiger partial charge is 0.150 e. The van der Waals surface area contributed by atoms with Crippen LogP contribution in [0.3, 0.4) is 0 Å². The average molecular weight is 341 g/mol. The van der Waals surface area contributed by atoms with Crippen molar-refractivity contribution in [3.63, 3.8) is 0 Å². The van der Waals surface area contributed by atoms with Gasteiger partial charge in [-0.3, -0.25) is 0 Å². The van der Waals surface area contributed by atoms with Gasteiger partial charge in [0.25, 0.3) is 0 Å². The van der Waals surface area contributed by atoms with Crippen molar-refractivity contribution in [2.24, 2.45) is 0 Å². The quantitative estimate of drug-likeness (QED) is 0.808. The van der Waals surface area contributed by atoms with E-state index in [1.54, 1.807) is 13.0 Å². The first-order chi connectivity index (χ1) is 7.94. The molecule has 1 rings (SSSR count). The summed E-state index contributed by atoms with van der Waals surface area (Å²) >= 11 is 9.25. The van der Waals surface area contributed by atoms with Crippen molar-refractivity contribution >= 4 is 43.1 Å². The second kappa shape index (κ2) is 6.61. The van der Waals surface area contributed by atoms with Crippen LogP contribution in [0, 0.1) is 0 Å². The largest absolute Gasteiger partial charge is 0.385 e. The molecule has 0 fully saturated rings. The zero-order chi connectivity index (χ0) is 12.9. The van der Waals surface area contributed by atoms with Gasteiger partial charge in [-0.05, 0) is 40.5 Å². The topological polar surface area (TPSA) is 46.2 Å². The van der Waals surface area contributed by atoms with Gasteiger partial charge in [0, 0.05) is 22.5 Å². The third-order valence-electron chi connectivity index (χ3n) is 2.32. The standard InChI is InChI=1S/C11H15BrClNO2S/c1-2-17(15,16)7-3-6-14-9-4-5-10(12)11(13)8-9/h4-5,8,14H,2-3,6-7H2,1H3. The molecule has 1 aromatic rings. The van der Waals surface area contributed by atoms with E-state index in [1.807, 2.05) is 12.1 Å². The van der Waals surface area contributed by atoms with Gasteiger partial charge in [0.05, 0.1) is 10.8 Å². The molecule has 0 aliphatic heterocycles. The van der Waals surface area contributed by atoms with Crippen LogP contribution in [-0.2, 0) is 9.84 Å². The molecule has 0 saturated carbocycles. The molecule has 0 aliphatic carbocycles. The van der Waals surface area contributed by atoms with E-state index in [2.05, 4.69) is 21.2 Å². The van der Waals surface area contributed by atoms with Crippen LogP contribution in [0.1, 0.15) is 13.3 Å². The number of sulfone groups is 1. The van der Waals surface area contributed by atoms with Gasteiger partial charge in [0.2, 0.25) is 0 Å². The molecule has 0 amide bonds. The Morgan fingerprint density at radius 2 is 2.12 bits per heavy atom. The molecular weight excluding hydrogens is 326 g/mol. The van der Waals surface area contributed by atoms with Crippen LogP contribution in [0.15, 0.2) is 22.7 Å². The molecule has 0 heterocycles. The van der Waals surface area contributed by atoms with Crippen LogP contribution in [0.5, 0.6) is 0 Å². The molecule has 0 atom stereocenters. The molecule has 6 heteroatoms. The van der Waals surface area contributed by atoms with E-state index in [0.29, 0.717) is 18.0 Å². The molecular formula is C11H15BrClNO2S. The molecule has 0 bridgehead atoms. The van der Waals surface area contributed by atoms with E-state index < -0.39 is 9.84 Å². The number of hydrogen-bond donors (Lipinski definition) is 1. The van der Waals surface area contributed by atoms with Gasteiger partial charge in [-0.2, -0.15) is 0 Å². The minimum absolute atomic E-state index is 0.205. The predicted molar refractivity (Wildman–Crippen MR) is 76.6 cm³/mol. The molecule has 0 aromatic heterocycles. The third kappa shape index (κ3) is 5.27. The Kier molecular flexibility index (Phi) is 5.76. The Labute approximate surface area is 116 Å². The minimum atomic E-state index is -2.86. The Morgan fingerprint density at radius 1 is 1.41 bits per heavy atom. The predicted octanol–water partition coefficient (Wildman–Crippen LogP) is 3.34. The van der Waals surface area contributed by atoms with Gasteiger partial charge in [-0.1, -0.05) is 18.5 Å². The summed E-state index contributed by atoms with van der Waals surface area (Å²) in [6.45, 7) is 2.29. The summed E-state index contributed by atoms with van der Waals surface area (Å²) < 4.78 is 23.4. The van der Waals surface area contributed by atoms with Crippen molar-refractivity contribution in [1.82, 2.24) is 0 Å². The van der Waals surface area contributed by atoms with E-state index in [-0.39, 0.29) is 11.5 Å². The Bertz CT molecular complexity index is 476. The fraction of sp³-hybridized carbons (Fsp3) is 0.455. The van der Waals surface area contributed by atoms with Crippen molar-refractivity contribution in [3.05, 3.63) is 27.7 Å². The van der Waals surface area contributed by atoms with Gasteiger partial charge in [-0.15, -0.1) is 0 Å². The zero-order valence-corrected chi connectivity index (χ0v) is 12.7. The molecule has 0 radical (unpaired) electrons. The number of nitrogens with one attached hydrogen (secondary N) is 1. The monoisotopic (exact) mass is 339 g/mol. The molecule has 1 aromatic carbocycles.